The Morgan fingerprint density at radius 3 is 2.27 bits per heavy atom. The lowest BCUT2D eigenvalue weighted by molar-refractivity contribution is -0.386. The fraction of sp³-hybridized carbons (Fsp3) is 0.294. The van der Waals surface area contributed by atoms with Crippen LogP contribution in [0.15, 0.2) is 30.6 Å². The molecule has 26 heavy (non-hydrogen) atoms. The molecule has 9 heteroatoms. The van der Waals surface area contributed by atoms with Crippen molar-refractivity contribution in [3.05, 3.63) is 51.8 Å². The largest absolute Gasteiger partial charge is 0.493 e. The SMILES string of the molecule is COc1cc(C(=O)NC(C)c2ccncc2)c([N+](=O)[O-])c(OC)c1OC. The monoisotopic (exact) mass is 361 g/mol. The molecule has 2 aromatic rings. The number of pyridine rings is 1. The summed E-state index contributed by atoms with van der Waals surface area (Å²) in [7, 11) is 3.95. The fourth-order valence-corrected chi connectivity index (χ4v) is 2.51. The summed E-state index contributed by atoms with van der Waals surface area (Å²) in [5.74, 6) is -0.629. The first-order valence-corrected chi connectivity index (χ1v) is 7.62. The van der Waals surface area contributed by atoms with Gasteiger partial charge in [0.2, 0.25) is 11.5 Å². The molecule has 1 atom stereocenters. The number of carbonyl (C=O) groups is 1. The normalized spacial score (nSPS) is 11.4. The summed E-state index contributed by atoms with van der Waals surface area (Å²) in [5, 5.41) is 14.3. The van der Waals surface area contributed by atoms with Crippen LogP contribution in [0.5, 0.6) is 17.2 Å². The average molecular weight is 361 g/mol. The number of benzene rings is 1. The van der Waals surface area contributed by atoms with E-state index in [1.165, 1.54) is 27.4 Å². The number of rotatable bonds is 7. The fourth-order valence-electron chi connectivity index (χ4n) is 2.51. The van der Waals surface area contributed by atoms with Crippen LogP contribution in [0.25, 0.3) is 0 Å². The standard InChI is InChI=1S/C17H19N3O6/c1-10(11-5-7-18-8-6-11)19-17(21)12-9-13(24-2)15(25-3)16(26-4)14(12)20(22)23/h5-10H,1-4H3,(H,19,21). The maximum Gasteiger partial charge on any atom is 0.327 e. The van der Waals surface area contributed by atoms with E-state index in [4.69, 9.17) is 14.2 Å². The predicted octanol–water partition coefficient (Wildman–Crippen LogP) is 2.51. The van der Waals surface area contributed by atoms with Crippen molar-refractivity contribution in [1.82, 2.24) is 10.3 Å². The van der Waals surface area contributed by atoms with E-state index in [0.29, 0.717) is 0 Å². The molecule has 1 aromatic carbocycles. The minimum Gasteiger partial charge on any atom is -0.493 e. The summed E-state index contributed by atoms with van der Waals surface area (Å²) >= 11 is 0. The van der Waals surface area contributed by atoms with Crippen molar-refractivity contribution in [2.24, 2.45) is 0 Å². The van der Waals surface area contributed by atoms with Crippen molar-refractivity contribution in [3.8, 4) is 17.2 Å². The number of hydrogen-bond acceptors (Lipinski definition) is 7. The molecule has 0 aliphatic heterocycles. The van der Waals surface area contributed by atoms with E-state index >= 15 is 0 Å². The quantitative estimate of drug-likeness (QED) is 0.595. The Labute approximate surface area is 150 Å². The van der Waals surface area contributed by atoms with Crippen LogP contribution in [-0.2, 0) is 0 Å². The number of nitro benzene ring substituents is 1. The molecular formula is C17H19N3O6. The van der Waals surface area contributed by atoms with Gasteiger partial charge in [0.1, 0.15) is 5.56 Å². The van der Waals surface area contributed by atoms with Gasteiger partial charge in [-0.15, -0.1) is 0 Å². The second-order valence-corrected chi connectivity index (χ2v) is 5.27. The maximum atomic E-state index is 12.7. The molecule has 0 aliphatic rings. The molecule has 1 heterocycles. The lowest BCUT2D eigenvalue weighted by Crippen LogP contribution is -2.27. The molecule has 9 nitrogen and oxygen atoms in total. The Kier molecular flexibility index (Phi) is 5.94. The van der Waals surface area contributed by atoms with Crippen molar-refractivity contribution in [2.75, 3.05) is 21.3 Å². The van der Waals surface area contributed by atoms with Crippen LogP contribution < -0.4 is 19.5 Å². The predicted molar refractivity (Wildman–Crippen MR) is 92.9 cm³/mol. The lowest BCUT2D eigenvalue weighted by atomic mass is 10.1. The van der Waals surface area contributed by atoms with E-state index in [1.54, 1.807) is 31.5 Å². The Morgan fingerprint density at radius 2 is 1.77 bits per heavy atom. The van der Waals surface area contributed by atoms with Crippen LogP contribution in [0, 0.1) is 10.1 Å². The third-order valence-corrected chi connectivity index (χ3v) is 3.78. The number of nitro groups is 1. The number of ether oxygens (including phenoxy) is 3. The van der Waals surface area contributed by atoms with Gasteiger partial charge in [-0.2, -0.15) is 0 Å². The molecular weight excluding hydrogens is 342 g/mol. The maximum absolute atomic E-state index is 12.7. The van der Waals surface area contributed by atoms with Gasteiger partial charge >= 0.3 is 5.69 Å². The van der Waals surface area contributed by atoms with Crippen LogP contribution in [0.4, 0.5) is 5.69 Å². The van der Waals surface area contributed by atoms with Crippen LogP contribution >= 0.6 is 0 Å². The van der Waals surface area contributed by atoms with Gasteiger partial charge in [-0.3, -0.25) is 19.9 Å². The average Bonchev–Trinajstić information content (AvgIpc) is 2.66. The molecule has 1 N–H and O–H groups in total. The number of nitrogens with zero attached hydrogens (tertiary/aromatic N) is 2. The van der Waals surface area contributed by atoms with Gasteiger partial charge in [0.05, 0.1) is 32.3 Å². The van der Waals surface area contributed by atoms with E-state index < -0.39 is 16.5 Å². The molecule has 0 saturated heterocycles. The van der Waals surface area contributed by atoms with E-state index in [2.05, 4.69) is 10.3 Å². The van der Waals surface area contributed by atoms with E-state index in [1.807, 2.05) is 0 Å². The highest BCUT2D eigenvalue weighted by Crippen LogP contribution is 2.46. The summed E-state index contributed by atoms with van der Waals surface area (Å²) in [5.41, 5.74) is 0.124. The van der Waals surface area contributed by atoms with Crippen molar-refractivity contribution >= 4 is 11.6 Å². The molecule has 2 rings (SSSR count). The molecule has 1 unspecified atom stereocenters. The molecule has 0 saturated carbocycles. The van der Waals surface area contributed by atoms with Gasteiger partial charge in [0.25, 0.3) is 5.91 Å². The first kappa shape index (κ1) is 19.0. The molecule has 138 valence electrons. The number of aromatic nitrogens is 1. The molecule has 0 fully saturated rings. The second kappa shape index (κ2) is 8.15. The zero-order valence-electron chi connectivity index (χ0n) is 14.8. The van der Waals surface area contributed by atoms with Crippen molar-refractivity contribution in [2.45, 2.75) is 13.0 Å². The Balaban J connectivity index is 2.50. The molecule has 0 bridgehead atoms. The minimum absolute atomic E-state index is 0.0421. The number of methoxy groups -OCH3 is 3. The summed E-state index contributed by atoms with van der Waals surface area (Å²) in [6.07, 6.45) is 3.19. The number of nitrogens with one attached hydrogen (secondary N) is 1. The van der Waals surface area contributed by atoms with Crippen molar-refractivity contribution < 1.29 is 23.9 Å². The van der Waals surface area contributed by atoms with Crippen LogP contribution in [0.3, 0.4) is 0 Å². The summed E-state index contributed by atoms with van der Waals surface area (Å²) < 4.78 is 15.4. The van der Waals surface area contributed by atoms with Gasteiger partial charge in [0, 0.05) is 18.5 Å². The second-order valence-electron chi connectivity index (χ2n) is 5.27. The molecule has 0 spiro atoms. The van der Waals surface area contributed by atoms with Gasteiger partial charge < -0.3 is 19.5 Å². The zero-order valence-corrected chi connectivity index (χ0v) is 14.8. The molecule has 1 aromatic heterocycles. The van der Waals surface area contributed by atoms with Gasteiger partial charge in [0.15, 0.2) is 5.75 Å². The van der Waals surface area contributed by atoms with Crippen molar-refractivity contribution in [1.29, 1.82) is 0 Å². The van der Waals surface area contributed by atoms with Crippen LogP contribution in [0.2, 0.25) is 0 Å². The van der Waals surface area contributed by atoms with E-state index in [9.17, 15) is 14.9 Å². The minimum atomic E-state index is -0.688. The highest BCUT2D eigenvalue weighted by atomic mass is 16.6. The highest BCUT2D eigenvalue weighted by Gasteiger charge is 2.32. The molecule has 1 amide bonds. The Morgan fingerprint density at radius 1 is 1.15 bits per heavy atom. The van der Waals surface area contributed by atoms with E-state index in [0.717, 1.165) is 5.56 Å². The Hall–Kier alpha value is -3.36. The lowest BCUT2D eigenvalue weighted by Gasteiger charge is -2.17. The van der Waals surface area contributed by atoms with Gasteiger partial charge in [-0.1, -0.05) is 0 Å². The Bertz CT molecular complexity index is 810. The van der Waals surface area contributed by atoms with Crippen molar-refractivity contribution in [3.63, 3.8) is 0 Å². The third kappa shape index (κ3) is 3.66. The first-order valence-electron chi connectivity index (χ1n) is 7.62. The van der Waals surface area contributed by atoms with Gasteiger partial charge in [-0.05, 0) is 24.6 Å². The highest BCUT2D eigenvalue weighted by molar-refractivity contribution is 6.00. The summed E-state index contributed by atoms with van der Waals surface area (Å²) in [6.45, 7) is 1.76. The number of amides is 1. The zero-order chi connectivity index (χ0) is 19.3. The van der Waals surface area contributed by atoms with Gasteiger partial charge in [-0.25, -0.2) is 0 Å². The van der Waals surface area contributed by atoms with Crippen LogP contribution in [0.1, 0.15) is 28.9 Å². The molecule has 0 aliphatic carbocycles. The van der Waals surface area contributed by atoms with E-state index in [-0.39, 0.29) is 28.9 Å². The number of carbonyl (C=O) groups excluding carboxylic acids is 1. The first-order chi connectivity index (χ1) is 12.4. The summed E-state index contributed by atoms with van der Waals surface area (Å²) in [6, 6.07) is 4.36. The topological polar surface area (TPSA) is 113 Å². The smallest absolute Gasteiger partial charge is 0.327 e. The summed E-state index contributed by atoms with van der Waals surface area (Å²) in [4.78, 5) is 27.5. The number of hydrogen-bond donors (Lipinski definition) is 1. The van der Waals surface area contributed by atoms with Crippen LogP contribution in [-0.4, -0.2) is 37.1 Å². The third-order valence-electron chi connectivity index (χ3n) is 3.78. The molecule has 0 radical (unpaired) electrons.